The molecule has 1 aromatic heterocycles. The van der Waals surface area contributed by atoms with Crippen molar-refractivity contribution in [2.45, 2.75) is 62.9 Å². The minimum atomic E-state index is -0.676. The molecule has 4 aromatic rings. The molecule has 1 aliphatic carbocycles. The molecular weight excluding hydrogens is 458 g/mol. The fourth-order valence-electron chi connectivity index (χ4n) is 5.50. The quantitative estimate of drug-likeness (QED) is 0.269. The highest BCUT2D eigenvalue weighted by molar-refractivity contribution is 5.93. The molecule has 5 nitrogen and oxygen atoms in total. The van der Waals surface area contributed by atoms with Gasteiger partial charge in [-0.1, -0.05) is 105 Å². The van der Waals surface area contributed by atoms with Crippen LogP contribution in [-0.4, -0.2) is 28.9 Å². The van der Waals surface area contributed by atoms with Crippen LogP contribution in [0.3, 0.4) is 0 Å². The Morgan fingerprint density at radius 1 is 0.757 bits per heavy atom. The van der Waals surface area contributed by atoms with E-state index in [9.17, 15) is 9.59 Å². The maximum atomic E-state index is 13.9. The molecular formula is C32H35N3O2. The molecule has 1 aliphatic rings. The normalized spacial score (nSPS) is 15.3. The Morgan fingerprint density at radius 3 is 2.00 bits per heavy atom. The second-order valence-corrected chi connectivity index (χ2v) is 10.1. The summed E-state index contributed by atoms with van der Waals surface area (Å²) >= 11 is 0. The molecule has 190 valence electrons. The Morgan fingerprint density at radius 2 is 1.35 bits per heavy atom. The fourth-order valence-corrected chi connectivity index (χ4v) is 5.50. The van der Waals surface area contributed by atoms with Gasteiger partial charge < -0.3 is 15.6 Å². The summed E-state index contributed by atoms with van der Waals surface area (Å²) in [6.45, 7) is 0. The number of amides is 2. The van der Waals surface area contributed by atoms with Crippen molar-refractivity contribution in [3.63, 3.8) is 0 Å². The fraction of sp³-hybridized carbons (Fsp3) is 0.312. The van der Waals surface area contributed by atoms with Crippen molar-refractivity contribution < 1.29 is 9.59 Å². The van der Waals surface area contributed by atoms with Gasteiger partial charge in [0, 0.05) is 29.6 Å². The average molecular weight is 494 g/mol. The molecule has 37 heavy (non-hydrogen) atoms. The lowest BCUT2D eigenvalue weighted by atomic mass is 9.90. The van der Waals surface area contributed by atoms with Gasteiger partial charge in [-0.2, -0.15) is 0 Å². The van der Waals surface area contributed by atoms with Crippen LogP contribution < -0.4 is 10.6 Å². The standard InChI is InChI=1S/C32H35N3O2/c36-31(34-26-17-9-1-2-10-18-26)29(21-25-22-33-28-20-12-11-19-27(25)28)35-32(37)30(23-13-5-3-6-14-23)24-15-7-4-8-16-24/h3-8,11-16,19-20,22,26,29-30,33H,1-2,9-10,17-18,21H2,(H,34,36)(H,35,37)/t29-/m1/s1. The van der Waals surface area contributed by atoms with Crippen LogP contribution >= 0.6 is 0 Å². The molecule has 0 aliphatic heterocycles. The summed E-state index contributed by atoms with van der Waals surface area (Å²) in [7, 11) is 0. The number of carbonyl (C=O) groups excluding carboxylic acids is 2. The van der Waals surface area contributed by atoms with Gasteiger partial charge >= 0.3 is 0 Å². The van der Waals surface area contributed by atoms with Crippen LogP contribution in [0.4, 0.5) is 0 Å². The van der Waals surface area contributed by atoms with Gasteiger partial charge in [0.2, 0.25) is 11.8 Å². The second-order valence-electron chi connectivity index (χ2n) is 10.1. The number of benzene rings is 3. The molecule has 5 rings (SSSR count). The van der Waals surface area contributed by atoms with E-state index >= 15 is 0 Å². The molecule has 0 saturated heterocycles. The monoisotopic (exact) mass is 493 g/mol. The summed E-state index contributed by atoms with van der Waals surface area (Å²) in [5.74, 6) is -0.776. The first kappa shape index (κ1) is 24.8. The molecule has 1 heterocycles. The lowest BCUT2D eigenvalue weighted by Crippen LogP contribution is -2.51. The number of carbonyl (C=O) groups is 2. The van der Waals surface area contributed by atoms with Gasteiger partial charge in [0.1, 0.15) is 6.04 Å². The third kappa shape index (κ3) is 6.11. The zero-order valence-electron chi connectivity index (χ0n) is 21.2. The highest BCUT2D eigenvalue weighted by Crippen LogP contribution is 2.26. The third-order valence-electron chi connectivity index (χ3n) is 7.46. The van der Waals surface area contributed by atoms with Gasteiger partial charge in [-0.3, -0.25) is 9.59 Å². The number of hydrogen-bond donors (Lipinski definition) is 3. The molecule has 3 N–H and O–H groups in total. The van der Waals surface area contributed by atoms with E-state index in [0.717, 1.165) is 53.3 Å². The molecule has 0 unspecified atom stereocenters. The predicted octanol–water partition coefficient (Wildman–Crippen LogP) is 5.87. The highest BCUT2D eigenvalue weighted by atomic mass is 16.2. The molecule has 5 heteroatoms. The van der Waals surface area contributed by atoms with Gasteiger partial charge in [0.25, 0.3) is 0 Å². The summed E-state index contributed by atoms with van der Waals surface area (Å²) in [4.78, 5) is 30.9. The molecule has 1 saturated carbocycles. The number of nitrogens with one attached hydrogen (secondary N) is 3. The zero-order valence-corrected chi connectivity index (χ0v) is 21.2. The Hall–Kier alpha value is -3.86. The van der Waals surface area contributed by atoms with Crippen LogP contribution in [0.5, 0.6) is 0 Å². The Kier molecular flexibility index (Phi) is 7.99. The number of fused-ring (bicyclic) bond motifs is 1. The van der Waals surface area contributed by atoms with Crippen LogP contribution in [0.2, 0.25) is 0 Å². The lowest BCUT2D eigenvalue weighted by Gasteiger charge is -2.25. The van der Waals surface area contributed by atoms with Crippen molar-refractivity contribution >= 4 is 22.7 Å². The van der Waals surface area contributed by atoms with Crippen molar-refractivity contribution in [2.75, 3.05) is 0 Å². The van der Waals surface area contributed by atoms with Crippen molar-refractivity contribution in [3.8, 4) is 0 Å². The second kappa shape index (κ2) is 11.9. The van der Waals surface area contributed by atoms with E-state index in [4.69, 9.17) is 0 Å². The first-order valence-corrected chi connectivity index (χ1v) is 13.4. The zero-order chi connectivity index (χ0) is 25.5. The van der Waals surface area contributed by atoms with Crippen molar-refractivity contribution in [2.24, 2.45) is 0 Å². The van der Waals surface area contributed by atoms with E-state index in [-0.39, 0.29) is 17.9 Å². The Balaban J connectivity index is 1.43. The number of para-hydroxylation sites is 1. The molecule has 0 spiro atoms. The van der Waals surface area contributed by atoms with Gasteiger partial charge in [0.15, 0.2) is 0 Å². The summed E-state index contributed by atoms with van der Waals surface area (Å²) in [6, 6.07) is 27.1. The maximum Gasteiger partial charge on any atom is 0.243 e. The first-order chi connectivity index (χ1) is 18.2. The molecule has 1 fully saturated rings. The summed E-state index contributed by atoms with van der Waals surface area (Å²) in [6.07, 6.45) is 9.07. The topological polar surface area (TPSA) is 74.0 Å². The van der Waals surface area contributed by atoms with Gasteiger partial charge in [0.05, 0.1) is 5.92 Å². The van der Waals surface area contributed by atoms with E-state index in [1.165, 1.54) is 12.8 Å². The van der Waals surface area contributed by atoms with E-state index in [1.807, 2.05) is 85.1 Å². The van der Waals surface area contributed by atoms with Crippen LogP contribution in [0.25, 0.3) is 10.9 Å². The average Bonchev–Trinajstić information content (AvgIpc) is 3.15. The largest absolute Gasteiger partial charge is 0.361 e. The number of aromatic nitrogens is 1. The molecule has 0 radical (unpaired) electrons. The highest BCUT2D eigenvalue weighted by Gasteiger charge is 2.29. The van der Waals surface area contributed by atoms with E-state index in [0.29, 0.717) is 6.42 Å². The number of H-pyrrole nitrogens is 1. The third-order valence-corrected chi connectivity index (χ3v) is 7.46. The van der Waals surface area contributed by atoms with Crippen molar-refractivity contribution in [1.29, 1.82) is 0 Å². The van der Waals surface area contributed by atoms with Gasteiger partial charge in [-0.15, -0.1) is 0 Å². The predicted molar refractivity (Wildman–Crippen MR) is 148 cm³/mol. The molecule has 0 bridgehead atoms. The van der Waals surface area contributed by atoms with Crippen LogP contribution in [0.15, 0.2) is 91.1 Å². The number of aromatic amines is 1. The minimum Gasteiger partial charge on any atom is -0.361 e. The number of rotatable bonds is 8. The molecule has 1 atom stereocenters. The van der Waals surface area contributed by atoms with Crippen LogP contribution in [0.1, 0.15) is 61.1 Å². The van der Waals surface area contributed by atoms with Gasteiger partial charge in [-0.25, -0.2) is 0 Å². The van der Waals surface area contributed by atoms with Crippen LogP contribution in [-0.2, 0) is 16.0 Å². The summed E-state index contributed by atoms with van der Waals surface area (Å²) in [5, 5.41) is 7.51. The van der Waals surface area contributed by atoms with E-state index in [1.54, 1.807) is 0 Å². The SMILES string of the molecule is O=C(N[C@H](Cc1c[nH]c2ccccc12)C(=O)NC1CCCCCC1)C(c1ccccc1)c1ccccc1. The maximum absolute atomic E-state index is 13.9. The minimum absolute atomic E-state index is 0.106. The van der Waals surface area contributed by atoms with Crippen molar-refractivity contribution in [1.82, 2.24) is 15.6 Å². The first-order valence-electron chi connectivity index (χ1n) is 13.4. The smallest absolute Gasteiger partial charge is 0.243 e. The summed E-state index contributed by atoms with van der Waals surface area (Å²) < 4.78 is 0. The van der Waals surface area contributed by atoms with E-state index < -0.39 is 12.0 Å². The lowest BCUT2D eigenvalue weighted by molar-refractivity contribution is -0.129. The molecule has 3 aromatic carbocycles. The van der Waals surface area contributed by atoms with Crippen LogP contribution in [0, 0.1) is 0 Å². The van der Waals surface area contributed by atoms with Crippen molar-refractivity contribution in [3.05, 3.63) is 108 Å². The van der Waals surface area contributed by atoms with E-state index in [2.05, 4.69) is 21.7 Å². The van der Waals surface area contributed by atoms with Gasteiger partial charge in [-0.05, 0) is 35.6 Å². The Bertz CT molecular complexity index is 1270. The molecule has 2 amide bonds. The number of hydrogen-bond acceptors (Lipinski definition) is 2. The summed E-state index contributed by atoms with van der Waals surface area (Å²) in [5.41, 5.74) is 3.86. The Labute approximate surface area is 218 Å².